The van der Waals surface area contributed by atoms with Gasteiger partial charge in [-0.25, -0.2) is 4.79 Å². The summed E-state index contributed by atoms with van der Waals surface area (Å²) < 4.78 is 5.50. The molecule has 0 saturated heterocycles. The number of unbranched alkanes of at least 4 members (excludes halogenated alkanes) is 1. The number of amides is 1. The molecular formula is C14H17NO4. The quantitative estimate of drug-likeness (QED) is 0.585. The first-order valence-corrected chi connectivity index (χ1v) is 6.06. The largest absolute Gasteiger partial charge is 0.494 e. The Morgan fingerprint density at radius 3 is 2.84 bits per heavy atom. The molecule has 1 aromatic rings. The standard InChI is InChI=1S/C14H17NO4/c1-2-3-9-19-12-6-4-5-11(10-12)15-13(16)7-8-14(17)18/h4-8,10H,2-3,9H2,1H3,(H,15,16)(H,17,18)/b8-7+. The smallest absolute Gasteiger partial charge is 0.328 e. The van der Waals surface area contributed by atoms with Crippen LogP contribution >= 0.6 is 0 Å². The Hall–Kier alpha value is -2.30. The van der Waals surface area contributed by atoms with Crippen molar-refractivity contribution in [3.8, 4) is 5.75 Å². The average molecular weight is 263 g/mol. The number of hydrogen-bond donors (Lipinski definition) is 2. The lowest BCUT2D eigenvalue weighted by atomic mass is 10.3. The van der Waals surface area contributed by atoms with Crippen LogP contribution in [0.5, 0.6) is 5.75 Å². The van der Waals surface area contributed by atoms with E-state index >= 15 is 0 Å². The molecule has 0 saturated carbocycles. The van der Waals surface area contributed by atoms with E-state index in [0.29, 0.717) is 18.0 Å². The molecule has 2 N–H and O–H groups in total. The van der Waals surface area contributed by atoms with Gasteiger partial charge in [-0.2, -0.15) is 0 Å². The SMILES string of the molecule is CCCCOc1cccc(NC(=O)/C=C/C(=O)O)c1. The highest BCUT2D eigenvalue weighted by Gasteiger charge is 2.01. The zero-order valence-corrected chi connectivity index (χ0v) is 10.8. The van der Waals surface area contributed by atoms with E-state index in [2.05, 4.69) is 12.2 Å². The zero-order chi connectivity index (χ0) is 14.1. The van der Waals surface area contributed by atoms with Crippen LogP contribution in [0.15, 0.2) is 36.4 Å². The molecule has 0 aromatic heterocycles. The number of hydrogen-bond acceptors (Lipinski definition) is 3. The lowest BCUT2D eigenvalue weighted by Crippen LogP contribution is -2.08. The summed E-state index contributed by atoms with van der Waals surface area (Å²) in [4.78, 5) is 21.7. The Bertz CT molecular complexity index is 468. The van der Waals surface area contributed by atoms with Crippen LogP contribution in [0, 0.1) is 0 Å². The van der Waals surface area contributed by atoms with Crippen LogP contribution < -0.4 is 10.1 Å². The van der Waals surface area contributed by atoms with Gasteiger partial charge in [0.05, 0.1) is 6.61 Å². The molecule has 1 amide bonds. The van der Waals surface area contributed by atoms with E-state index in [4.69, 9.17) is 9.84 Å². The zero-order valence-electron chi connectivity index (χ0n) is 10.8. The molecule has 0 atom stereocenters. The molecule has 0 bridgehead atoms. The maximum Gasteiger partial charge on any atom is 0.328 e. The third-order valence-corrected chi connectivity index (χ3v) is 2.25. The van der Waals surface area contributed by atoms with Crippen molar-refractivity contribution in [2.45, 2.75) is 19.8 Å². The molecule has 1 aromatic carbocycles. The first-order valence-electron chi connectivity index (χ1n) is 6.06. The lowest BCUT2D eigenvalue weighted by Gasteiger charge is -2.07. The number of aliphatic carboxylic acids is 1. The van der Waals surface area contributed by atoms with Gasteiger partial charge in [0.1, 0.15) is 5.75 Å². The van der Waals surface area contributed by atoms with Gasteiger partial charge in [-0.15, -0.1) is 0 Å². The third kappa shape index (κ3) is 6.26. The number of ether oxygens (including phenoxy) is 1. The molecule has 0 aliphatic heterocycles. The maximum atomic E-state index is 11.4. The van der Waals surface area contributed by atoms with E-state index in [1.165, 1.54) is 0 Å². The molecule has 5 nitrogen and oxygen atoms in total. The highest BCUT2D eigenvalue weighted by Crippen LogP contribution is 2.17. The number of carbonyl (C=O) groups is 2. The minimum absolute atomic E-state index is 0.492. The van der Waals surface area contributed by atoms with Crippen molar-refractivity contribution in [3.63, 3.8) is 0 Å². The van der Waals surface area contributed by atoms with Crippen LogP contribution in [0.1, 0.15) is 19.8 Å². The summed E-state index contributed by atoms with van der Waals surface area (Å²) in [6.45, 7) is 2.71. The fraction of sp³-hybridized carbons (Fsp3) is 0.286. The molecule has 0 unspecified atom stereocenters. The summed E-state index contributed by atoms with van der Waals surface area (Å²) >= 11 is 0. The number of benzene rings is 1. The molecule has 102 valence electrons. The molecule has 0 fully saturated rings. The highest BCUT2D eigenvalue weighted by atomic mass is 16.5. The van der Waals surface area contributed by atoms with Crippen LogP contribution in [0.2, 0.25) is 0 Å². The minimum Gasteiger partial charge on any atom is -0.494 e. The first kappa shape index (κ1) is 14.8. The summed E-state index contributed by atoms with van der Waals surface area (Å²) in [7, 11) is 0. The van der Waals surface area contributed by atoms with Crippen LogP contribution in [0.3, 0.4) is 0 Å². The van der Waals surface area contributed by atoms with E-state index in [-0.39, 0.29) is 0 Å². The molecule has 1 rings (SSSR count). The summed E-state index contributed by atoms with van der Waals surface area (Å²) in [5, 5.41) is 11.0. The Morgan fingerprint density at radius 1 is 1.37 bits per heavy atom. The lowest BCUT2D eigenvalue weighted by molar-refractivity contribution is -0.131. The molecule has 19 heavy (non-hydrogen) atoms. The second-order valence-electron chi connectivity index (χ2n) is 3.89. The van der Waals surface area contributed by atoms with Crippen molar-refractivity contribution in [1.82, 2.24) is 0 Å². The fourth-order valence-corrected chi connectivity index (χ4v) is 1.33. The molecule has 0 heterocycles. The van der Waals surface area contributed by atoms with Gasteiger partial charge >= 0.3 is 5.97 Å². The van der Waals surface area contributed by atoms with Gasteiger partial charge in [0.15, 0.2) is 0 Å². The molecular weight excluding hydrogens is 246 g/mol. The van der Waals surface area contributed by atoms with Crippen molar-refractivity contribution in [3.05, 3.63) is 36.4 Å². The Morgan fingerprint density at radius 2 is 2.16 bits per heavy atom. The highest BCUT2D eigenvalue weighted by molar-refractivity contribution is 6.02. The summed E-state index contributed by atoms with van der Waals surface area (Å²) in [5.41, 5.74) is 0.564. The van der Waals surface area contributed by atoms with E-state index in [9.17, 15) is 9.59 Å². The van der Waals surface area contributed by atoms with Gasteiger partial charge in [-0.05, 0) is 18.6 Å². The Labute approximate surface area is 111 Å². The molecule has 0 aliphatic rings. The van der Waals surface area contributed by atoms with E-state index in [1.54, 1.807) is 24.3 Å². The number of anilines is 1. The number of carboxylic acid groups (broad SMARTS) is 1. The number of rotatable bonds is 7. The van der Waals surface area contributed by atoms with Crippen LogP contribution in [-0.4, -0.2) is 23.6 Å². The van der Waals surface area contributed by atoms with Crippen molar-refractivity contribution < 1.29 is 19.4 Å². The molecule has 0 spiro atoms. The number of carboxylic acids is 1. The molecule has 0 radical (unpaired) electrons. The fourth-order valence-electron chi connectivity index (χ4n) is 1.33. The topological polar surface area (TPSA) is 75.6 Å². The average Bonchev–Trinajstić information content (AvgIpc) is 2.37. The second kappa shape index (κ2) is 7.92. The Kier molecular flexibility index (Phi) is 6.15. The van der Waals surface area contributed by atoms with Gasteiger partial charge in [0, 0.05) is 23.9 Å². The van der Waals surface area contributed by atoms with Crippen LogP contribution in [-0.2, 0) is 9.59 Å². The van der Waals surface area contributed by atoms with Gasteiger partial charge in [0.2, 0.25) is 5.91 Å². The summed E-state index contributed by atoms with van der Waals surface area (Å²) in [5.74, 6) is -0.978. The van der Waals surface area contributed by atoms with Gasteiger partial charge in [0.25, 0.3) is 0 Å². The second-order valence-corrected chi connectivity index (χ2v) is 3.89. The van der Waals surface area contributed by atoms with Crippen molar-refractivity contribution >= 4 is 17.6 Å². The third-order valence-electron chi connectivity index (χ3n) is 2.25. The Balaban J connectivity index is 2.56. The molecule has 0 aliphatic carbocycles. The summed E-state index contributed by atoms with van der Waals surface area (Å²) in [6.07, 6.45) is 3.78. The van der Waals surface area contributed by atoms with E-state index in [1.807, 2.05) is 0 Å². The van der Waals surface area contributed by atoms with Gasteiger partial charge in [-0.1, -0.05) is 19.4 Å². The normalized spacial score (nSPS) is 10.4. The predicted molar refractivity (Wildman–Crippen MR) is 72.3 cm³/mol. The van der Waals surface area contributed by atoms with Gasteiger partial charge in [-0.3, -0.25) is 4.79 Å². The van der Waals surface area contributed by atoms with Crippen LogP contribution in [0.25, 0.3) is 0 Å². The van der Waals surface area contributed by atoms with Crippen molar-refractivity contribution in [2.75, 3.05) is 11.9 Å². The van der Waals surface area contributed by atoms with E-state index in [0.717, 1.165) is 25.0 Å². The first-order chi connectivity index (χ1) is 9.11. The van der Waals surface area contributed by atoms with Crippen molar-refractivity contribution in [1.29, 1.82) is 0 Å². The van der Waals surface area contributed by atoms with Crippen LogP contribution in [0.4, 0.5) is 5.69 Å². The number of nitrogens with one attached hydrogen (secondary N) is 1. The monoisotopic (exact) mass is 263 g/mol. The van der Waals surface area contributed by atoms with Crippen molar-refractivity contribution in [2.24, 2.45) is 0 Å². The summed E-state index contributed by atoms with van der Waals surface area (Å²) in [6, 6.07) is 6.97. The maximum absolute atomic E-state index is 11.4. The molecule has 5 heteroatoms. The number of carbonyl (C=O) groups excluding carboxylic acids is 1. The van der Waals surface area contributed by atoms with E-state index < -0.39 is 11.9 Å². The minimum atomic E-state index is -1.16. The predicted octanol–water partition coefficient (Wildman–Crippen LogP) is 2.44. The van der Waals surface area contributed by atoms with Gasteiger partial charge < -0.3 is 15.2 Å².